The van der Waals surface area contributed by atoms with E-state index in [1.54, 1.807) is 0 Å². The van der Waals surface area contributed by atoms with Crippen molar-refractivity contribution in [3.05, 3.63) is 36.4 Å². The molecular weight excluding hydrogens is 145 g/mol. The average Bonchev–Trinajstić information content (AvgIpc) is 2.30. The van der Waals surface area contributed by atoms with Crippen LogP contribution in [0.1, 0.15) is 8.22 Å². The van der Waals surface area contributed by atoms with E-state index in [0.717, 1.165) is 0 Å². The van der Waals surface area contributed by atoms with E-state index in [9.17, 15) is 5.11 Å². The van der Waals surface area contributed by atoms with Crippen LogP contribution in [0.5, 0.6) is 5.75 Å². The van der Waals surface area contributed by atoms with Crippen LogP contribution in [0.4, 0.5) is 0 Å². The fourth-order valence-corrected chi connectivity index (χ4v) is 0.754. The molecule has 0 saturated heterocycles. The van der Waals surface area contributed by atoms with Crippen LogP contribution in [0.25, 0.3) is 10.9 Å². The van der Waals surface area contributed by atoms with E-state index in [1.807, 2.05) is 0 Å². The zero-order valence-corrected chi connectivity index (χ0v) is 6.36. The molecule has 0 amide bonds. The maximum absolute atomic E-state index is 11.6. The fraction of sp³-hybridized carbons (Fsp3) is 0. The van der Waals surface area contributed by atoms with Crippen molar-refractivity contribution in [3.63, 3.8) is 0 Å². The molecule has 0 fully saturated rings. The van der Waals surface area contributed by atoms with Crippen molar-refractivity contribution >= 4 is 10.9 Å². The number of aromatic nitrogens is 1. The maximum atomic E-state index is 11.6. The number of nitrogens with zero attached hydrogens (tertiary/aromatic N) is 1. The predicted octanol–water partition coefficient (Wildman–Crippen LogP) is -1.69. The molecule has 0 unspecified atom stereocenters. The predicted molar refractivity (Wildman–Crippen MR) is 41.2 cm³/mol. The summed E-state index contributed by atoms with van der Waals surface area (Å²) in [5.41, 5.74) is -0.359. The van der Waals surface area contributed by atoms with Crippen molar-refractivity contribution < 1.29 is 32.2 Å². The van der Waals surface area contributed by atoms with Gasteiger partial charge in [0.1, 0.15) is 0 Å². The standard InChI is InChI=1S/C9H7NO.Li/c11-8-5-1-3-7-4-2-6-10-9(7)8;/h1-6,11H;/q;+1/p-1/i1D,2D,3D,4D,5D,6D;. The number of rotatable bonds is 0. The van der Waals surface area contributed by atoms with Gasteiger partial charge < -0.3 is 5.11 Å². The van der Waals surface area contributed by atoms with Gasteiger partial charge in [-0.05, 0) is 11.4 Å². The Hall–Kier alpha value is -0.973. The van der Waals surface area contributed by atoms with Crippen molar-refractivity contribution in [2.75, 3.05) is 0 Å². The second kappa shape index (κ2) is 3.62. The van der Waals surface area contributed by atoms with Crippen LogP contribution in [0.3, 0.4) is 0 Å². The molecule has 1 aromatic heterocycles. The van der Waals surface area contributed by atoms with Crippen LogP contribution in [-0.2, 0) is 0 Å². The third kappa shape index (κ3) is 1.45. The Balaban J connectivity index is 0.00000162. The molecule has 0 aliphatic rings. The number of hydrogen-bond donors (Lipinski definition) is 0. The Morgan fingerprint density at radius 3 is 2.83 bits per heavy atom. The SMILES string of the molecule is [2H]c1nc2c([O-])c([2H])c([2H])c([2H])c2c([2H])c1[2H].[Li+]. The molecule has 2 rings (SSSR count). The Labute approximate surface area is 90.9 Å². The van der Waals surface area contributed by atoms with E-state index in [1.165, 1.54) is 0 Å². The third-order valence-corrected chi connectivity index (χ3v) is 1.23. The second-order valence-corrected chi connectivity index (χ2v) is 1.90. The summed E-state index contributed by atoms with van der Waals surface area (Å²) in [6, 6.07) is -2.71. The Morgan fingerprint density at radius 1 is 1.25 bits per heavy atom. The van der Waals surface area contributed by atoms with E-state index in [-0.39, 0.29) is 29.8 Å². The molecule has 2 aromatic rings. The van der Waals surface area contributed by atoms with Gasteiger partial charge in [-0.2, -0.15) is 0 Å². The second-order valence-electron chi connectivity index (χ2n) is 1.90. The normalized spacial score (nSPS) is 16.3. The van der Waals surface area contributed by atoms with E-state index >= 15 is 0 Å². The van der Waals surface area contributed by atoms with E-state index < -0.39 is 42.1 Å². The number of hydrogen-bond acceptors (Lipinski definition) is 2. The van der Waals surface area contributed by atoms with Gasteiger partial charge in [0.2, 0.25) is 0 Å². The summed E-state index contributed by atoms with van der Waals surface area (Å²) < 4.78 is 44.6. The number of fused-ring (bicyclic) bond motifs is 1. The quantitative estimate of drug-likeness (QED) is 0.428. The summed E-state index contributed by atoms with van der Waals surface area (Å²) in [7, 11) is 0. The first-order valence-corrected chi connectivity index (χ1v) is 2.90. The van der Waals surface area contributed by atoms with E-state index in [4.69, 9.17) is 8.22 Å². The summed E-state index contributed by atoms with van der Waals surface area (Å²) in [6.07, 6.45) is -0.545. The topological polar surface area (TPSA) is 36.0 Å². The fourth-order valence-electron chi connectivity index (χ4n) is 0.754. The smallest absolute Gasteiger partial charge is 0.871 e. The number of benzene rings is 1. The Bertz CT molecular complexity index is 639. The van der Waals surface area contributed by atoms with Crippen LogP contribution in [0, 0.1) is 0 Å². The molecule has 0 spiro atoms. The molecule has 0 atom stereocenters. The molecule has 1 heterocycles. The maximum Gasteiger partial charge on any atom is 1.00 e. The summed E-state index contributed by atoms with van der Waals surface area (Å²) in [5, 5.41) is 11.4. The molecule has 12 heavy (non-hydrogen) atoms. The first kappa shape index (κ1) is 3.82. The Kier molecular flexibility index (Phi) is 1.15. The number of para-hydroxylation sites is 1. The van der Waals surface area contributed by atoms with Gasteiger partial charge in [0.25, 0.3) is 0 Å². The van der Waals surface area contributed by atoms with Crippen molar-refractivity contribution in [1.29, 1.82) is 0 Å². The molecule has 0 aliphatic heterocycles. The van der Waals surface area contributed by atoms with Crippen molar-refractivity contribution in [1.82, 2.24) is 4.98 Å². The monoisotopic (exact) mass is 157 g/mol. The van der Waals surface area contributed by atoms with Gasteiger partial charge >= 0.3 is 18.9 Å². The summed E-state index contributed by atoms with van der Waals surface area (Å²) in [5.74, 6) is -0.886. The molecule has 0 N–H and O–H groups in total. The number of pyridine rings is 1. The van der Waals surface area contributed by atoms with Crippen molar-refractivity contribution in [2.45, 2.75) is 0 Å². The minimum atomic E-state index is -0.886. The van der Waals surface area contributed by atoms with Crippen LogP contribution >= 0.6 is 0 Å². The van der Waals surface area contributed by atoms with Gasteiger partial charge in [-0.25, -0.2) is 0 Å². The molecule has 1 aromatic carbocycles. The van der Waals surface area contributed by atoms with Crippen LogP contribution in [0.15, 0.2) is 36.4 Å². The summed E-state index contributed by atoms with van der Waals surface area (Å²) in [4.78, 5) is 3.52. The molecule has 2 nitrogen and oxygen atoms in total. The van der Waals surface area contributed by atoms with Gasteiger partial charge in [0.05, 0.1) is 13.7 Å². The summed E-state index contributed by atoms with van der Waals surface area (Å²) in [6.45, 7) is 0. The van der Waals surface area contributed by atoms with Crippen LogP contribution < -0.4 is 24.0 Å². The van der Waals surface area contributed by atoms with Gasteiger partial charge in [-0.1, -0.05) is 29.9 Å². The molecule has 0 radical (unpaired) electrons. The minimum absolute atomic E-state index is 0. The van der Waals surface area contributed by atoms with Crippen LogP contribution in [0.2, 0.25) is 0 Å². The van der Waals surface area contributed by atoms with E-state index in [0.29, 0.717) is 0 Å². The largest absolute Gasteiger partial charge is 1.00 e. The molecule has 0 bridgehead atoms. The first-order chi connectivity index (χ1) is 7.86. The van der Waals surface area contributed by atoms with E-state index in [2.05, 4.69) is 4.98 Å². The van der Waals surface area contributed by atoms with Gasteiger partial charge in [-0.3, -0.25) is 4.98 Å². The minimum Gasteiger partial charge on any atom is -0.871 e. The van der Waals surface area contributed by atoms with Crippen molar-refractivity contribution in [2.24, 2.45) is 0 Å². The molecule has 54 valence electrons. The average molecular weight is 157 g/mol. The zero-order chi connectivity index (χ0) is 12.9. The molecule has 0 saturated carbocycles. The summed E-state index contributed by atoms with van der Waals surface area (Å²) >= 11 is 0. The first-order valence-electron chi connectivity index (χ1n) is 5.90. The van der Waals surface area contributed by atoms with Gasteiger partial charge in [-0.15, -0.1) is 0 Å². The molecule has 3 heteroatoms. The Morgan fingerprint density at radius 2 is 2.00 bits per heavy atom. The third-order valence-electron chi connectivity index (χ3n) is 1.23. The van der Waals surface area contributed by atoms with Crippen molar-refractivity contribution in [3.8, 4) is 5.75 Å². The van der Waals surface area contributed by atoms with Gasteiger partial charge in [0.15, 0.2) is 0 Å². The van der Waals surface area contributed by atoms with Gasteiger partial charge in [0, 0.05) is 6.17 Å². The van der Waals surface area contributed by atoms with Crippen LogP contribution in [-0.4, -0.2) is 4.98 Å². The molecular formula is C9H6LiNO. The molecule has 0 aliphatic carbocycles. The zero-order valence-electron chi connectivity index (χ0n) is 12.4.